The zero-order valence-electron chi connectivity index (χ0n) is 15.0. The number of hydrogen-bond acceptors (Lipinski definition) is 2. The van der Waals surface area contributed by atoms with Crippen molar-refractivity contribution in [2.45, 2.75) is 53.4 Å². The summed E-state index contributed by atoms with van der Waals surface area (Å²) < 4.78 is 0. The molecule has 4 nitrogen and oxygen atoms in total. The standard InChI is InChI=1S/C20H27NO3/c1-14(2)7-5-9-17(20(23)24)10-6-8-15(3)11-12-18-16(4)13-19(22)21-18/h7,10-13H,5-6,8-9H2,1-4H3,(H,21,22)(H,23,24)/b15-11+,17-10+,18-12-. The molecular formula is C20H27NO3. The van der Waals surface area contributed by atoms with Gasteiger partial charge in [0.15, 0.2) is 0 Å². The Morgan fingerprint density at radius 1 is 1.17 bits per heavy atom. The van der Waals surface area contributed by atoms with Gasteiger partial charge in [0.1, 0.15) is 0 Å². The molecular weight excluding hydrogens is 302 g/mol. The number of carboxylic acid groups (broad SMARTS) is 1. The Labute approximate surface area is 144 Å². The molecule has 1 aliphatic rings. The highest BCUT2D eigenvalue weighted by Gasteiger charge is 2.11. The van der Waals surface area contributed by atoms with Crippen LogP contribution in [0.2, 0.25) is 0 Å². The van der Waals surface area contributed by atoms with Gasteiger partial charge < -0.3 is 10.4 Å². The third kappa shape index (κ3) is 7.27. The predicted octanol–water partition coefficient (Wildman–Crippen LogP) is 4.43. The number of carbonyl (C=O) groups is 2. The molecule has 1 rings (SSSR count). The lowest BCUT2D eigenvalue weighted by molar-refractivity contribution is -0.132. The van der Waals surface area contributed by atoms with Crippen LogP contribution < -0.4 is 5.32 Å². The molecule has 130 valence electrons. The van der Waals surface area contributed by atoms with E-state index in [1.807, 2.05) is 45.9 Å². The second kappa shape index (κ2) is 9.71. The van der Waals surface area contributed by atoms with Crippen molar-refractivity contribution in [2.75, 3.05) is 0 Å². The lowest BCUT2D eigenvalue weighted by atomic mass is 10.0. The highest BCUT2D eigenvalue weighted by Crippen LogP contribution is 2.15. The minimum Gasteiger partial charge on any atom is -0.478 e. The van der Waals surface area contributed by atoms with Crippen molar-refractivity contribution in [2.24, 2.45) is 0 Å². The summed E-state index contributed by atoms with van der Waals surface area (Å²) in [6, 6.07) is 0. The molecule has 2 N–H and O–H groups in total. The predicted molar refractivity (Wildman–Crippen MR) is 97.4 cm³/mol. The Morgan fingerprint density at radius 2 is 1.83 bits per heavy atom. The third-order valence-corrected chi connectivity index (χ3v) is 3.74. The third-order valence-electron chi connectivity index (χ3n) is 3.74. The molecule has 0 bridgehead atoms. The fraction of sp³-hybridized carbons (Fsp3) is 0.400. The van der Waals surface area contributed by atoms with Crippen molar-refractivity contribution in [3.63, 3.8) is 0 Å². The molecule has 0 aromatic heterocycles. The maximum absolute atomic E-state index is 11.3. The van der Waals surface area contributed by atoms with Gasteiger partial charge in [-0.2, -0.15) is 0 Å². The first-order valence-electron chi connectivity index (χ1n) is 8.22. The molecule has 0 fully saturated rings. The normalized spacial score (nSPS) is 16.9. The highest BCUT2D eigenvalue weighted by atomic mass is 16.4. The maximum atomic E-state index is 11.3. The number of aliphatic carboxylic acids is 1. The number of carboxylic acids is 1. The fourth-order valence-corrected chi connectivity index (χ4v) is 2.31. The van der Waals surface area contributed by atoms with Crippen molar-refractivity contribution < 1.29 is 14.7 Å². The first-order chi connectivity index (χ1) is 11.3. The van der Waals surface area contributed by atoms with Gasteiger partial charge >= 0.3 is 5.97 Å². The van der Waals surface area contributed by atoms with E-state index in [1.54, 1.807) is 6.08 Å². The van der Waals surface area contributed by atoms with E-state index in [4.69, 9.17) is 0 Å². The van der Waals surface area contributed by atoms with Gasteiger partial charge in [0.25, 0.3) is 0 Å². The summed E-state index contributed by atoms with van der Waals surface area (Å²) in [7, 11) is 0. The van der Waals surface area contributed by atoms with E-state index >= 15 is 0 Å². The zero-order chi connectivity index (χ0) is 18.1. The van der Waals surface area contributed by atoms with Crippen LogP contribution in [0.25, 0.3) is 0 Å². The van der Waals surface area contributed by atoms with Crippen molar-refractivity contribution in [3.8, 4) is 0 Å². The number of allylic oxidation sites excluding steroid dienone is 7. The summed E-state index contributed by atoms with van der Waals surface area (Å²) in [4.78, 5) is 22.5. The fourth-order valence-electron chi connectivity index (χ4n) is 2.31. The monoisotopic (exact) mass is 329 g/mol. The Kier molecular flexibility index (Phi) is 7.96. The summed E-state index contributed by atoms with van der Waals surface area (Å²) >= 11 is 0. The molecule has 4 heteroatoms. The van der Waals surface area contributed by atoms with Gasteiger partial charge in [0, 0.05) is 17.3 Å². The van der Waals surface area contributed by atoms with Gasteiger partial charge in [0.2, 0.25) is 5.91 Å². The summed E-state index contributed by atoms with van der Waals surface area (Å²) in [5.41, 5.74) is 4.57. The zero-order valence-corrected chi connectivity index (χ0v) is 15.0. The van der Waals surface area contributed by atoms with Gasteiger partial charge in [-0.3, -0.25) is 4.79 Å². The van der Waals surface area contributed by atoms with Crippen LogP contribution in [-0.2, 0) is 9.59 Å². The van der Waals surface area contributed by atoms with Gasteiger partial charge in [0.05, 0.1) is 0 Å². The number of hydrogen-bond donors (Lipinski definition) is 2. The molecule has 0 unspecified atom stereocenters. The number of amides is 1. The van der Waals surface area contributed by atoms with Crippen molar-refractivity contribution >= 4 is 11.9 Å². The highest BCUT2D eigenvalue weighted by molar-refractivity contribution is 5.94. The second-order valence-electron chi connectivity index (χ2n) is 6.30. The van der Waals surface area contributed by atoms with E-state index in [1.165, 1.54) is 5.57 Å². The molecule has 0 saturated carbocycles. The largest absolute Gasteiger partial charge is 0.478 e. The number of rotatable bonds is 8. The molecule has 24 heavy (non-hydrogen) atoms. The Balaban J connectivity index is 2.56. The van der Waals surface area contributed by atoms with Crippen LogP contribution in [0.5, 0.6) is 0 Å². The lowest BCUT2D eigenvalue weighted by Crippen LogP contribution is -2.13. The summed E-state index contributed by atoms with van der Waals surface area (Å²) in [5.74, 6) is -0.925. The van der Waals surface area contributed by atoms with E-state index in [-0.39, 0.29) is 5.91 Å². The van der Waals surface area contributed by atoms with E-state index in [2.05, 4.69) is 11.4 Å². The minimum absolute atomic E-state index is 0.0878. The van der Waals surface area contributed by atoms with Gasteiger partial charge in [-0.15, -0.1) is 0 Å². The lowest BCUT2D eigenvalue weighted by Gasteiger charge is -2.02. The van der Waals surface area contributed by atoms with Crippen molar-refractivity contribution in [1.29, 1.82) is 0 Å². The maximum Gasteiger partial charge on any atom is 0.331 e. The van der Waals surface area contributed by atoms with Crippen molar-refractivity contribution in [3.05, 3.63) is 58.4 Å². The van der Waals surface area contributed by atoms with E-state index in [0.717, 1.165) is 29.7 Å². The molecule has 0 spiro atoms. The smallest absolute Gasteiger partial charge is 0.331 e. The molecule has 0 aromatic carbocycles. The van der Waals surface area contributed by atoms with Gasteiger partial charge in [-0.25, -0.2) is 4.79 Å². The molecule has 1 aliphatic heterocycles. The molecule has 0 radical (unpaired) electrons. The van der Waals surface area contributed by atoms with Crippen LogP contribution >= 0.6 is 0 Å². The molecule has 0 saturated heterocycles. The Morgan fingerprint density at radius 3 is 2.38 bits per heavy atom. The molecule has 1 heterocycles. The Hall–Kier alpha value is -2.36. The van der Waals surface area contributed by atoms with Crippen molar-refractivity contribution in [1.82, 2.24) is 5.32 Å². The average molecular weight is 329 g/mol. The van der Waals surface area contributed by atoms with Crippen LogP contribution in [0.1, 0.15) is 53.4 Å². The Bertz CT molecular complexity index is 642. The van der Waals surface area contributed by atoms with E-state index in [0.29, 0.717) is 18.4 Å². The summed E-state index contributed by atoms with van der Waals surface area (Å²) in [6.07, 6.45) is 12.1. The molecule has 0 atom stereocenters. The SMILES string of the molecule is CC(C)=CCC/C(=C\CC/C(C)=C/C=C1\NC(=O)C=C1C)C(=O)O. The van der Waals surface area contributed by atoms with Crippen LogP contribution in [-0.4, -0.2) is 17.0 Å². The summed E-state index contributed by atoms with van der Waals surface area (Å²) in [6.45, 7) is 7.92. The average Bonchev–Trinajstić information content (AvgIpc) is 2.80. The molecule has 1 amide bonds. The quantitative estimate of drug-likeness (QED) is 0.511. The number of carbonyl (C=O) groups excluding carboxylic acids is 1. The first kappa shape index (κ1) is 19.7. The van der Waals surface area contributed by atoms with Gasteiger partial charge in [-0.05, 0) is 65.0 Å². The minimum atomic E-state index is -0.838. The van der Waals surface area contributed by atoms with E-state index < -0.39 is 5.97 Å². The summed E-state index contributed by atoms with van der Waals surface area (Å²) in [5, 5.41) is 12.0. The second-order valence-corrected chi connectivity index (χ2v) is 6.30. The van der Waals surface area contributed by atoms with Crippen LogP contribution in [0.4, 0.5) is 0 Å². The number of nitrogens with one attached hydrogen (secondary N) is 1. The topological polar surface area (TPSA) is 66.4 Å². The van der Waals surface area contributed by atoms with E-state index in [9.17, 15) is 14.7 Å². The van der Waals surface area contributed by atoms with Crippen LogP contribution in [0.15, 0.2) is 58.4 Å². The molecule has 0 aliphatic carbocycles. The van der Waals surface area contributed by atoms with Crippen LogP contribution in [0.3, 0.4) is 0 Å². The first-order valence-corrected chi connectivity index (χ1v) is 8.22. The van der Waals surface area contributed by atoms with Crippen LogP contribution in [0, 0.1) is 0 Å². The molecule has 0 aromatic rings. The van der Waals surface area contributed by atoms with Gasteiger partial charge in [-0.1, -0.05) is 29.4 Å².